The van der Waals surface area contributed by atoms with Crippen molar-refractivity contribution >= 4 is 38.5 Å². The monoisotopic (exact) mass is 236 g/mol. The molecule has 13 heavy (non-hydrogen) atoms. The molecule has 0 fully saturated rings. The number of thioether (sulfide) groups is 2. The number of nitrogens with two attached hydrogens (primary N) is 1. The maximum Gasteiger partial charge on any atom is 0.187 e. The van der Waals surface area contributed by atoms with Crippen LogP contribution in [0, 0.1) is 0 Å². The van der Waals surface area contributed by atoms with Crippen LogP contribution in [0.4, 0.5) is 0 Å². The quantitative estimate of drug-likeness (QED) is 0.712. The molecule has 0 aromatic heterocycles. The first-order valence-electron chi connectivity index (χ1n) is 3.54. The number of sulfone groups is 1. The maximum atomic E-state index is 11.5. The minimum atomic E-state index is -3.13. The Morgan fingerprint density at radius 3 is 3.00 bits per heavy atom. The number of hydrogen-bond donors (Lipinski definition) is 1. The van der Waals surface area contributed by atoms with Gasteiger partial charge in [-0.1, -0.05) is 11.8 Å². The Morgan fingerprint density at radius 1 is 1.69 bits per heavy atom. The second kappa shape index (κ2) is 2.93. The summed E-state index contributed by atoms with van der Waals surface area (Å²) >= 11 is 2.56. The Balaban J connectivity index is 2.44. The van der Waals surface area contributed by atoms with Crippen LogP contribution >= 0.6 is 23.5 Å². The topological polar surface area (TPSA) is 72.5 Å². The van der Waals surface area contributed by atoms with E-state index in [9.17, 15) is 8.42 Å². The number of hydrogen-bond acceptors (Lipinski definition) is 6. The lowest BCUT2D eigenvalue weighted by Crippen LogP contribution is -2.19. The van der Waals surface area contributed by atoms with Gasteiger partial charge in [0.25, 0.3) is 0 Å². The zero-order valence-electron chi connectivity index (χ0n) is 6.80. The van der Waals surface area contributed by atoms with Crippen molar-refractivity contribution in [2.24, 2.45) is 10.7 Å². The van der Waals surface area contributed by atoms with Crippen LogP contribution in [-0.2, 0) is 9.84 Å². The third-order valence-corrected chi connectivity index (χ3v) is 6.29. The van der Waals surface area contributed by atoms with E-state index in [2.05, 4.69) is 4.99 Å². The summed E-state index contributed by atoms with van der Waals surface area (Å²) in [6, 6.07) is -0.259. The lowest BCUT2D eigenvalue weighted by Gasteiger charge is -2.06. The molecule has 4 nitrogen and oxygen atoms in total. The zero-order chi connectivity index (χ0) is 9.64. The van der Waals surface area contributed by atoms with Crippen LogP contribution in [0.15, 0.2) is 15.3 Å². The highest BCUT2D eigenvalue weighted by atomic mass is 32.3. The average Bonchev–Trinajstić information content (AvgIpc) is 2.51. The highest BCUT2D eigenvalue weighted by molar-refractivity contribution is 8.24. The zero-order valence-corrected chi connectivity index (χ0v) is 9.25. The Morgan fingerprint density at radius 2 is 2.38 bits per heavy atom. The van der Waals surface area contributed by atoms with Crippen LogP contribution in [0.1, 0.15) is 0 Å². The summed E-state index contributed by atoms with van der Waals surface area (Å²) in [6.07, 6.45) is 1.85. The van der Waals surface area contributed by atoms with Gasteiger partial charge < -0.3 is 5.73 Å². The van der Waals surface area contributed by atoms with Gasteiger partial charge in [-0.05, 0) is 6.26 Å². The highest BCUT2D eigenvalue weighted by Gasteiger charge is 2.45. The summed E-state index contributed by atoms with van der Waals surface area (Å²) in [6.45, 7) is 0. The van der Waals surface area contributed by atoms with Crippen molar-refractivity contribution in [3.63, 3.8) is 0 Å². The number of rotatable bonds is 1. The van der Waals surface area contributed by atoms with Crippen LogP contribution < -0.4 is 5.73 Å². The van der Waals surface area contributed by atoms with Gasteiger partial charge in [-0.2, -0.15) is 0 Å². The van der Waals surface area contributed by atoms with Crippen LogP contribution in [0.25, 0.3) is 0 Å². The minimum Gasteiger partial charge on any atom is -0.378 e. The molecule has 0 aromatic carbocycles. The smallest absolute Gasteiger partial charge is 0.187 e. The standard InChI is InChI=1S/C6H8N2O2S3/c1-11-3-2-13(9,10)5-4(3)8-6(7)12-5/h2,4-5H,1H3,(H2,7,8). The molecule has 2 aliphatic heterocycles. The Labute approximate surface area is 85.0 Å². The van der Waals surface area contributed by atoms with Gasteiger partial charge in [-0.15, -0.1) is 11.8 Å². The van der Waals surface area contributed by atoms with E-state index in [1.54, 1.807) is 0 Å². The van der Waals surface area contributed by atoms with Gasteiger partial charge in [0.2, 0.25) is 0 Å². The van der Waals surface area contributed by atoms with E-state index in [0.29, 0.717) is 5.17 Å². The van der Waals surface area contributed by atoms with Crippen LogP contribution in [0.2, 0.25) is 0 Å². The number of amidine groups is 1. The first kappa shape index (κ1) is 9.42. The molecule has 0 bridgehead atoms. The van der Waals surface area contributed by atoms with Crippen molar-refractivity contribution in [3.8, 4) is 0 Å². The lowest BCUT2D eigenvalue weighted by molar-refractivity contribution is 0.602. The first-order chi connectivity index (χ1) is 6.04. The van der Waals surface area contributed by atoms with E-state index in [1.807, 2.05) is 6.26 Å². The molecule has 0 radical (unpaired) electrons. The van der Waals surface area contributed by atoms with E-state index in [1.165, 1.54) is 17.2 Å². The van der Waals surface area contributed by atoms with Crippen molar-refractivity contribution in [2.75, 3.05) is 6.26 Å². The van der Waals surface area contributed by atoms with Gasteiger partial charge in [0.1, 0.15) is 10.6 Å². The second-order valence-corrected chi connectivity index (χ2v) is 6.97. The predicted molar refractivity (Wildman–Crippen MR) is 57.3 cm³/mol. The fourth-order valence-electron chi connectivity index (χ4n) is 1.32. The van der Waals surface area contributed by atoms with Gasteiger partial charge in [0, 0.05) is 10.3 Å². The van der Waals surface area contributed by atoms with Gasteiger partial charge in [0.15, 0.2) is 15.0 Å². The highest BCUT2D eigenvalue weighted by Crippen LogP contribution is 2.42. The molecule has 0 aliphatic carbocycles. The first-order valence-corrected chi connectivity index (χ1v) is 7.25. The molecule has 2 rings (SSSR count). The van der Waals surface area contributed by atoms with E-state index in [0.717, 1.165) is 16.7 Å². The van der Waals surface area contributed by atoms with Crippen molar-refractivity contribution in [1.29, 1.82) is 0 Å². The van der Waals surface area contributed by atoms with Crippen LogP contribution in [-0.4, -0.2) is 30.5 Å². The molecule has 2 unspecified atom stereocenters. The largest absolute Gasteiger partial charge is 0.378 e. The molecule has 0 saturated heterocycles. The van der Waals surface area contributed by atoms with Crippen LogP contribution in [0.5, 0.6) is 0 Å². The summed E-state index contributed by atoms with van der Waals surface area (Å²) < 4.78 is 22.5. The summed E-state index contributed by atoms with van der Waals surface area (Å²) in [5, 5.41) is 1.69. The maximum absolute atomic E-state index is 11.5. The molecule has 0 spiro atoms. The van der Waals surface area contributed by atoms with Crippen molar-refractivity contribution < 1.29 is 8.42 Å². The summed E-state index contributed by atoms with van der Waals surface area (Å²) in [4.78, 5) is 4.88. The van der Waals surface area contributed by atoms with E-state index in [4.69, 9.17) is 5.73 Å². The molecule has 2 N–H and O–H groups in total. The van der Waals surface area contributed by atoms with E-state index in [-0.39, 0.29) is 6.04 Å². The molecule has 0 aromatic rings. The normalized spacial score (nSPS) is 35.5. The SMILES string of the molecule is CSC1=CS(=O)(=O)C2SC(N)=NC12. The van der Waals surface area contributed by atoms with Gasteiger partial charge >= 0.3 is 0 Å². The summed E-state index contributed by atoms with van der Waals surface area (Å²) in [7, 11) is -3.13. The lowest BCUT2D eigenvalue weighted by atomic mass is 10.3. The summed E-state index contributed by atoms with van der Waals surface area (Å²) in [5.41, 5.74) is 5.48. The van der Waals surface area contributed by atoms with E-state index < -0.39 is 14.4 Å². The molecule has 2 atom stereocenters. The molecule has 2 aliphatic rings. The van der Waals surface area contributed by atoms with Gasteiger partial charge in [-0.25, -0.2) is 8.42 Å². The van der Waals surface area contributed by atoms with E-state index >= 15 is 0 Å². The second-order valence-electron chi connectivity index (χ2n) is 2.71. The molecule has 0 saturated carbocycles. The number of nitrogens with zero attached hydrogens (tertiary/aromatic N) is 1. The molecule has 2 heterocycles. The molecule has 7 heteroatoms. The predicted octanol–water partition coefficient (Wildman–Crippen LogP) is 0.375. The Kier molecular flexibility index (Phi) is 2.12. The molecule has 72 valence electrons. The number of aliphatic imine (C=N–C) groups is 1. The molecular weight excluding hydrogens is 228 g/mol. The average molecular weight is 236 g/mol. The molecule has 0 amide bonds. The minimum absolute atomic E-state index is 0.259. The van der Waals surface area contributed by atoms with Crippen molar-refractivity contribution in [2.45, 2.75) is 10.6 Å². The fraction of sp³-hybridized carbons (Fsp3) is 0.500. The Bertz CT molecular complexity index is 398. The van der Waals surface area contributed by atoms with Crippen molar-refractivity contribution in [1.82, 2.24) is 0 Å². The molecular formula is C6H8N2O2S3. The third kappa shape index (κ3) is 1.38. The van der Waals surface area contributed by atoms with Gasteiger partial charge in [-0.3, -0.25) is 4.99 Å². The third-order valence-electron chi connectivity index (χ3n) is 1.89. The Hall–Kier alpha value is -0.140. The number of fused-ring (bicyclic) bond motifs is 1. The fourth-order valence-corrected chi connectivity index (χ4v) is 5.63. The van der Waals surface area contributed by atoms with Crippen molar-refractivity contribution in [3.05, 3.63) is 10.3 Å². The van der Waals surface area contributed by atoms with Crippen LogP contribution in [0.3, 0.4) is 0 Å². The summed E-state index contributed by atoms with van der Waals surface area (Å²) in [5.74, 6) is 0. The van der Waals surface area contributed by atoms with Gasteiger partial charge in [0.05, 0.1) is 0 Å².